The number of benzene rings is 4. The molecule has 4 aromatic rings. The molecule has 9 heteroatoms. The number of ether oxygens (including phenoxy) is 3. The minimum Gasteiger partial charge on any atom is -0.497 e. The number of nitrogens with zero attached hydrogens (tertiary/aromatic N) is 1. The van der Waals surface area contributed by atoms with Gasteiger partial charge in [0.15, 0.2) is 0 Å². The van der Waals surface area contributed by atoms with E-state index in [1.807, 2.05) is 12.1 Å². The number of fused-ring (bicyclic) bond motifs is 5. The molecule has 0 saturated heterocycles. The average Bonchev–Trinajstić information content (AvgIpc) is 3.31. The number of hydrogen-bond acceptors (Lipinski definition) is 6. The molecule has 0 bridgehead atoms. The zero-order valence-electron chi connectivity index (χ0n) is 21.3. The number of carbonyl (C=O) groups excluding carboxylic acids is 1. The van der Waals surface area contributed by atoms with Crippen LogP contribution in [0.4, 0.5) is 11.4 Å². The van der Waals surface area contributed by atoms with Crippen LogP contribution in [0, 0.1) is 0 Å². The van der Waals surface area contributed by atoms with Gasteiger partial charge in [0.1, 0.15) is 17.2 Å². The third-order valence-electron chi connectivity index (χ3n) is 7.16. The smallest absolute Gasteiger partial charge is 0.264 e. The minimum absolute atomic E-state index is 0.179. The molecule has 39 heavy (non-hydrogen) atoms. The Hall–Kier alpha value is -4.50. The monoisotopic (exact) mass is 542 g/mol. The maximum atomic E-state index is 14.2. The molecule has 2 unspecified atom stereocenters. The molecular formula is C30H26N2O6S. The molecule has 0 aromatic heterocycles. The van der Waals surface area contributed by atoms with Crippen LogP contribution in [0.2, 0.25) is 0 Å². The van der Waals surface area contributed by atoms with Crippen molar-refractivity contribution in [3.8, 4) is 17.2 Å². The van der Waals surface area contributed by atoms with Crippen LogP contribution >= 0.6 is 0 Å². The lowest BCUT2D eigenvalue weighted by atomic mass is 9.88. The molecule has 198 valence electrons. The summed E-state index contributed by atoms with van der Waals surface area (Å²) in [5, 5.41) is 2.93. The van der Waals surface area contributed by atoms with E-state index < -0.39 is 16.1 Å². The zero-order chi connectivity index (χ0) is 27.1. The van der Waals surface area contributed by atoms with Crippen molar-refractivity contribution in [2.75, 3.05) is 30.4 Å². The highest BCUT2D eigenvalue weighted by Gasteiger charge is 2.49. The van der Waals surface area contributed by atoms with E-state index in [0.29, 0.717) is 34.2 Å². The number of methoxy groups -OCH3 is 2. The van der Waals surface area contributed by atoms with Gasteiger partial charge in [-0.1, -0.05) is 36.4 Å². The van der Waals surface area contributed by atoms with E-state index in [4.69, 9.17) is 14.2 Å². The highest BCUT2D eigenvalue weighted by atomic mass is 32.2. The van der Waals surface area contributed by atoms with E-state index in [9.17, 15) is 13.2 Å². The summed E-state index contributed by atoms with van der Waals surface area (Å²) in [6.07, 6.45) is 0. The Kier molecular flexibility index (Phi) is 6.15. The molecular weight excluding hydrogens is 516 g/mol. The lowest BCUT2D eigenvalue weighted by Crippen LogP contribution is -2.36. The van der Waals surface area contributed by atoms with Crippen molar-refractivity contribution in [3.63, 3.8) is 0 Å². The van der Waals surface area contributed by atoms with E-state index >= 15 is 0 Å². The molecule has 0 saturated carbocycles. The second kappa shape index (κ2) is 9.67. The third kappa shape index (κ3) is 4.15. The molecule has 1 amide bonds. The highest BCUT2D eigenvalue weighted by Crippen LogP contribution is 2.57. The van der Waals surface area contributed by atoms with Crippen molar-refractivity contribution in [1.29, 1.82) is 0 Å². The van der Waals surface area contributed by atoms with Crippen molar-refractivity contribution in [2.24, 2.45) is 0 Å². The summed E-state index contributed by atoms with van der Waals surface area (Å²) in [4.78, 5) is 13.2. The van der Waals surface area contributed by atoms with Crippen LogP contribution in [0.3, 0.4) is 0 Å². The Bertz CT molecular complexity index is 1660. The largest absolute Gasteiger partial charge is 0.497 e. The van der Waals surface area contributed by atoms with Crippen molar-refractivity contribution in [3.05, 3.63) is 108 Å². The number of amides is 1. The van der Waals surface area contributed by atoms with Crippen LogP contribution in [0.25, 0.3) is 0 Å². The first-order valence-corrected chi connectivity index (χ1v) is 13.8. The predicted octanol–water partition coefficient (Wildman–Crippen LogP) is 5.38. The fourth-order valence-corrected chi connectivity index (χ4v) is 7.01. The van der Waals surface area contributed by atoms with Gasteiger partial charge in [-0.15, -0.1) is 0 Å². The summed E-state index contributed by atoms with van der Waals surface area (Å²) in [5.41, 5.74) is 2.90. The first-order valence-electron chi connectivity index (χ1n) is 12.4. The maximum Gasteiger partial charge on any atom is 0.264 e. The molecule has 0 spiro atoms. The van der Waals surface area contributed by atoms with Crippen LogP contribution in [0.15, 0.2) is 95.9 Å². The van der Waals surface area contributed by atoms with Gasteiger partial charge in [-0.3, -0.25) is 9.10 Å². The first-order chi connectivity index (χ1) is 18.9. The highest BCUT2D eigenvalue weighted by molar-refractivity contribution is 7.92. The SMILES string of the molecule is COc1ccc2c(c1)OCC1c3cc(NC(=O)c4ccccc4)c(OC)cc3N(S(=O)(=O)c3ccccc3)C21. The Morgan fingerprint density at radius 2 is 1.62 bits per heavy atom. The summed E-state index contributed by atoms with van der Waals surface area (Å²) in [7, 11) is -0.921. The van der Waals surface area contributed by atoms with Gasteiger partial charge in [0.2, 0.25) is 0 Å². The van der Waals surface area contributed by atoms with E-state index in [0.717, 1.165) is 11.1 Å². The molecule has 4 aromatic carbocycles. The van der Waals surface area contributed by atoms with Gasteiger partial charge in [-0.2, -0.15) is 0 Å². The Morgan fingerprint density at radius 3 is 2.31 bits per heavy atom. The number of nitrogens with one attached hydrogen (secondary N) is 1. The summed E-state index contributed by atoms with van der Waals surface area (Å²) in [5.74, 6) is 0.918. The minimum atomic E-state index is -3.98. The lowest BCUT2D eigenvalue weighted by Gasteiger charge is -2.34. The number of hydrogen-bond donors (Lipinski definition) is 1. The lowest BCUT2D eigenvalue weighted by molar-refractivity contribution is 0.102. The van der Waals surface area contributed by atoms with E-state index in [2.05, 4.69) is 5.32 Å². The Labute approximate surface area is 226 Å². The fraction of sp³-hybridized carbons (Fsp3) is 0.167. The molecule has 2 aliphatic rings. The van der Waals surface area contributed by atoms with Gasteiger partial charge < -0.3 is 19.5 Å². The van der Waals surface area contributed by atoms with Crippen LogP contribution in [-0.4, -0.2) is 35.2 Å². The summed E-state index contributed by atoms with van der Waals surface area (Å²) < 4.78 is 47.0. The van der Waals surface area contributed by atoms with Crippen LogP contribution in [0.5, 0.6) is 17.2 Å². The van der Waals surface area contributed by atoms with Crippen LogP contribution in [-0.2, 0) is 10.0 Å². The molecule has 2 heterocycles. The van der Waals surface area contributed by atoms with E-state index in [1.54, 1.807) is 86.0 Å². The van der Waals surface area contributed by atoms with Crippen LogP contribution < -0.4 is 23.8 Å². The normalized spacial score (nSPS) is 17.3. The van der Waals surface area contributed by atoms with Gasteiger partial charge in [0, 0.05) is 29.2 Å². The first kappa shape index (κ1) is 24.8. The summed E-state index contributed by atoms with van der Waals surface area (Å²) in [6, 6.07) is 25.5. The van der Waals surface area contributed by atoms with Gasteiger partial charge in [-0.05, 0) is 48.0 Å². The number of sulfonamides is 1. The zero-order valence-corrected chi connectivity index (χ0v) is 22.1. The molecule has 6 rings (SSSR count). The molecule has 0 radical (unpaired) electrons. The van der Waals surface area contributed by atoms with Gasteiger partial charge >= 0.3 is 0 Å². The van der Waals surface area contributed by atoms with Crippen molar-refractivity contribution < 1.29 is 27.4 Å². The maximum absolute atomic E-state index is 14.2. The summed E-state index contributed by atoms with van der Waals surface area (Å²) in [6.45, 7) is 0.247. The molecule has 2 aliphatic heterocycles. The van der Waals surface area contributed by atoms with Crippen molar-refractivity contribution in [2.45, 2.75) is 16.9 Å². The van der Waals surface area contributed by atoms with Gasteiger partial charge in [0.05, 0.1) is 43.1 Å². The molecule has 1 N–H and O–H groups in total. The number of rotatable bonds is 6. The Balaban J connectivity index is 1.51. The van der Waals surface area contributed by atoms with E-state index in [1.165, 1.54) is 11.4 Å². The van der Waals surface area contributed by atoms with E-state index in [-0.39, 0.29) is 23.3 Å². The number of carbonyl (C=O) groups is 1. The molecule has 2 atom stereocenters. The standard InChI is InChI=1S/C30H26N2O6S/c1-36-20-13-14-22-27(15-20)38-18-24-23-16-25(31-30(33)19-9-5-3-6-10-19)28(37-2)17-26(23)32(29(22)24)39(34,35)21-11-7-4-8-12-21/h3-17,24,29H,18H2,1-2H3,(H,31,33). The quantitative estimate of drug-likeness (QED) is 0.352. The molecule has 8 nitrogen and oxygen atoms in total. The molecule has 0 aliphatic carbocycles. The molecule has 0 fully saturated rings. The van der Waals surface area contributed by atoms with Gasteiger partial charge in [0.25, 0.3) is 15.9 Å². The summed E-state index contributed by atoms with van der Waals surface area (Å²) >= 11 is 0. The fourth-order valence-electron chi connectivity index (χ4n) is 5.31. The number of anilines is 2. The second-order valence-corrected chi connectivity index (χ2v) is 11.1. The average molecular weight is 543 g/mol. The predicted molar refractivity (Wildman–Crippen MR) is 147 cm³/mol. The third-order valence-corrected chi connectivity index (χ3v) is 8.97. The van der Waals surface area contributed by atoms with Crippen molar-refractivity contribution in [1.82, 2.24) is 0 Å². The topological polar surface area (TPSA) is 94.2 Å². The Morgan fingerprint density at radius 1 is 0.897 bits per heavy atom. The van der Waals surface area contributed by atoms with Crippen LogP contribution in [0.1, 0.15) is 33.4 Å². The van der Waals surface area contributed by atoms with Crippen molar-refractivity contribution >= 4 is 27.3 Å². The van der Waals surface area contributed by atoms with Gasteiger partial charge in [-0.25, -0.2) is 8.42 Å². The second-order valence-electron chi connectivity index (χ2n) is 9.31.